The number of thiazole rings is 1. The minimum Gasteiger partial charge on any atom is -0.465 e. The highest BCUT2D eigenvalue weighted by Crippen LogP contribution is 2.30. The number of nitrogens with zero attached hydrogens (tertiary/aromatic N) is 1. The number of halogens is 1. The van der Waals surface area contributed by atoms with Crippen molar-refractivity contribution >= 4 is 51.3 Å². The smallest absolute Gasteiger partial charge is 0.337 e. The number of rotatable bonds is 5. The third-order valence-corrected chi connectivity index (χ3v) is 4.74. The van der Waals surface area contributed by atoms with Crippen LogP contribution in [-0.4, -0.2) is 23.8 Å². The van der Waals surface area contributed by atoms with E-state index in [2.05, 4.69) is 10.3 Å². The number of hydrogen-bond donors (Lipinski definition) is 2. The Bertz CT molecular complexity index is 970. The number of aromatic nitrogens is 1. The quantitative estimate of drug-likeness (QED) is 0.504. The molecule has 6 nitrogen and oxygen atoms in total. The van der Waals surface area contributed by atoms with Gasteiger partial charge in [-0.25, -0.2) is 9.78 Å². The van der Waals surface area contributed by atoms with E-state index in [0.29, 0.717) is 31.8 Å². The van der Waals surface area contributed by atoms with Gasteiger partial charge in [0.2, 0.25) is 5.78 Å². The van der Waals surface area contributed by atoms with Gasteiger partial charge in [-0.1, -0.05) is 29.0 Å². The highest BCUT2D eigenvalue weighted by atomic mass is 35.5. The van der Waals surface area contributed by atoms with Crippen LogP contribution in [0.15, 0.2) is 48.5 Å². The summed E-state index contributed by atoms with van der Waals surface area (Å²) < 4.78 is 4.70. The van der Waals surface area contributed by atoms with E-state index in [4.69, 9.17) is 22.1 Å². The van der Waals surface area contributed by atoms with Gasteiger partial charge in [0.25, 0.3) is 0 Å². The maximum absolute atomic E-state index is 12.6. The van der Waals surface area contributed by atoms with Crippen molar-refractivity contribution in [3.8, 4) is 0 Å². The van der Waals surface area contributed by atoms with Crippen molar-refractivity contribution in [1.82, 2.24) is 4.98 Å². The monoisotopic (exact) mass is 387 g/mol. The van der Waals surface area contributed by atoms with Crippen LogP contribution in [0.3, 0.4) is 0 Å². The number of carbonyl (C=O) groups is 2. The summed E-state index contributed by atoms with van der Waals surface area (Å²) in [4.78, 5) is 28.7. The van der Waals surface area contributed by atoms with Gasteiger partial charge in [0.15, 0.2) is 5.13 Å². The van der Waals surface area contributed by atoms with Gasteiger partial charge >= 0.3 is 5.97 Å². The van der Waals surface area contributed by atoms with Crippen LogP contribution in [0.1, 0.15) is 25.6 Å². The van der Waals surface area contributed by atoms with Crippen LogP contribution in [0.2, 0.25) is 5.02 Å². The summed E-state index contributed by atoms with van der Waals surface area (Å²) in [5.41, 5.74) is 7.41. The van der Waals surface area contributed by atoms with Crippen LogP contribution in [0.25, 0.3) is 0 Å². The number of benzene rings is 2. The van der Waals surface area contributed by atoms with Crippen LogP contribution in [0.5, 0.6) is 0 Å². The third-order valence-electron chi connectivity index (χ3n) is 3.50. The van der Waals surface area contributed by atoms with Crippen molar-refractivity contribution in [2.45, 2.75) is 0 Å². The molecule has 8 heteroatoms. The largest absolute Gasteiger partial charge is 0.465 e. The maximum Gasteiger partial charge on any atom is 0.337 e. The topological polar surface area (TPSA) is 94.3 Å². The fourth-order valence-electron chi connectivity index (χ4n) is 2.25. The second-order valence-electron chi connectivity index (χ2n) is 5.27. The van der Waals surface area contributed by atoms with Gasteiger partial charge < -0.3 is 15.8 Å². The number of anilines is 3. The molecular formula is C18H14ClN3O3S. The molecule has 26 heavy (non-hydrogen) atoms. The number of ether oxygens (including phenoxy) is 1. The lowest BCUT2D eigenvalue weighted by Gasteiger charge is -2.04. The Kier molecular flexibility index (Phi) is 5.20. The molecule has 0 radical (unpaired) electrons. The fraction of sp³-hybridized carbons (Fsp3) is 0.0556. The van der Waals surface area contributed by atoms with Gasteiger partial charge in [0, 0.05) is 16.3 Å². The van der Waals surface area contributed by atoms with Crippen LogP contribution in [0, 0.1) is 0 Å². The molecule has 0 saturated carbocycles. The lowest BCUT2D eigenvalue weighted by Crippen LogP contribution is -2.02. The van der Waals surface area contributed by atoms with Gasteiger partial charge in [-0.05, 0) is 42.5 Å². The standard InChI is InChI=1S/C18H14ClN3O3S/c1-25-17(24)11-3-2-4-13(9-11)21-18-22-16(20)15(26-18)14(23)10-5-7-12(19)8-6-10/h2-9H,20H2,1H3,(H,21,22). The minimum atomic E-state index is -0.439. The molecule has 1 aromatic heterocycles. The van der Waals surface area contributed by atoms with Crippen molar-refractivity contribution in [2.24, 2.45) is 0 Å². The molecule has 0 unspecified atom stereocenters. The molecule has 0 bridgehead atoms. The van der Waals surface area contributed by atoms with E-state index in [-0.39, 0.29) is 11.6 Å². The van der Waals surface area contributed by atoms with Gasteiger partial charge in [-0.2, -0.15) is 0 Å². The molecule has 0 aliphatic heterocycles. The van der Waals surface area contributed by atoms with Crippen molar-refractivity contribution in [2.75, 3.05) is 18.2 Å². The molecule has 1 heterocycles. The van der Waals surface area contributed by atoms with Crippen molar-refractivity contribution in [3.63, 3.8) is 0 Å². The average Bonchev–Trinajstić information content (AvgIpc) is 3.01. The van der Waals surface area contributed by atoms with Crippen LogP contribution < -0.4 is 11.1 Å². The van der Waals surface area contributed by atoms with Crippen LogP contribution >= 0.6 is 22.9 Å². The molecule has 3 aromatic rings. The Labute approximate surface area is 158 Å². The first kappa shape index (κ1) is 17.9. The molecule has 132 valence electrons. The second kappa shape index (κ2) is 7.55. The summed E-state index contributed by atoms with van der Waals surface area (Å²) in [6.07, 6.45) is 0. The number of hydrogen-bond acceptors (Lipinski definition) is 7. The van der Waals surface area contributed by atoms with Gasteiger partial charge in [-0.15, -0.1) is 0 Å². The lowest BCUT2D eigenvalue weighted by atomic mass is 10.1. The van der Waals surface area contributed by atoms with Gasteiger partial charge in [0.05, 0.1) is 12.7 Å². The lowest BCUT2D eigenvalue weighted by molar-refractivity contribution is 0.0600. The first-order valence-electron chi connectivity index (χ1n) is 7.50. The molecule has 2 aromatic carbocycles. The van der Waals surface area contributed by atoms with E-state index >= 15 is 0 Å². The molecule has 0 atom stereocenters. The zero-order valence-electron chi connectivity index (χ0n) is 13.7. The molecule has 0 spiro atoms. The second-order valence-corrected chi connectivity index (χ2v) is 6.70. The van der Waals surface area contributed by atoms with E-state index in [1.165, 1.54) is 7.11 Å². The summed E-state index contributed by atoms with van der Waals surface area (Å²) in [5.74, 6) is -0.527. The molecule has 3 N–H and O–H groups in total. The van der Waals surface area contributed by atoms with E-state index in [1.807, 2.05) is 0 Å². The summed E-state index contributed by atoms with van der Waals surface area (Å²) in [7, 11) is 1.32. The van der Waals surface area contributed by atoms with Gasteiger partial charge in [0.1, 0.15) is 10.7 Å². The summed E-state index contributed by atoms with van der Waals surface area (Å²) in [6, 6.07) is 13.3. The zero-order chi connectivity index (χ0) is 18.7. The van der Waals surface area contributed by atoms with E-state index in [1.54, 1.807) is 48.5 Å². The van der Waals surface area contributed by atoms with E-state index in [9.17, 15) is 9.59 Å². The van der Waals surface area contributed by atoms with Crippen molar-refractivity contribution in [1.29, 1.82) is 0 Å². The summed E-state index contributed by atoms with van der Waals surface area (Å²) in [6.45, 7) is 0. The van der Waals surface area contributed by atoms with Gasteiger partial charge in [-0.3, -0.25) is 4.79 Å². The number of nitrogens with two attached hydrogens (primary N) is 1. The normalized spacial score (nSPS) is 10.4. The first-order chi connectivity index (χ1) is 12.5. The minimum absolute atomic E-state index is 0.140. The predicted molar refractivity (Wildman–Crippen MR) is 102 cm³/mol. The maximum atomic E-state index is 12.6. The summed E-state index contributed by atoms with van der Waals surface area (Å²) >= 11 is 6.98. The highest BCUT2D eigenvalue weighted by Gasteiger charge is 2.18. The Balaban J connectivity index is 1.83. The molecule has 0 saturated heterocycles. The molecular weight excluding hydrogens is 374 g/mol. The van der Waals surface area contributed by atoms with E-state index < -0.39 is 5.97 Å². The highest BCUT2D eigenvalue weighted by molar-refractivity contribution is 7.18. The number of esters is 1. The third kappa shape index (κ3) is 3.84. The molecule has 0 fully saturated rings. The number of carbonyl (C=O) groups excluding carboxylic acids is 2. The number of methoxy groups -OCH3 is 1. The first-order valence-corrected chi connectivity index (χ1v) is 8.69. The predicted octanol–water partition coefficient (Wildman–Crippen LogP) is 4.14. The SMILES string of the molecule is COC(=O)c1cccc(Nc2nc(N)c(C(=O)c3ccc(Cl)cc3)s2)c1. The van der Waals surface area contributed by atoms with Crippen LogP contribution in [-0.2, 0) is 4.74 Å². The Morgan fingerprint density at radius 2 is 1.88 bits per heavy atom. The number of nitrogen functional groups attached to an aromatic ring is 1. The zero-order valence-corrected chi connectivity index (χ0v) is 15.2. The van der Waals surface area contributed by atoms with E-state index in [0.717, 1.165) is 11.3 Å². The fourth-order valence-corrected chi connectivity index (χ4v) is 3.24. The van der Waals surface area contributed by atoms with Crippen molar-refractivity contribution in [3.05, 3.63) is 69.6 Å². The summed E-state index contributed by atoms with van der Waals surface area (Å²) in [5, 5.41) is 4.04. The number of ketones is 1. The number of nitrogens with one attached hydrogen (secondary N) is 1. The Hall–Kier alpha value is -2.90. The molecule has 0 aliphatic carbocycles. The molecule has 3 rings (SSSR count). The average molecular weight is 388 g/mol. The molecule has 0 amide bonds. The molecule has 0 aliphatic rings. The Morgan fingerprint density at radius 1 is 1.15 bits per heavy atom. The Morgan fingerprint density at radius 3 is 2.58 bits per heavy atom. The van der Waals surface area contributed by atoms with Crippen LogP contribution in [0.4, 0.5) is 16.6 Å². The van der Waals surface area contributed by atoms with Crippen molar-refractivity contribution < 1.29 is 14.3 Å².